The van der Waals surface area contributed by atoms with Gasteiger partial charge in [-0.1, -0.05) is 11.6 Å². The third-order valence-electron chi connectivity index (χ3n) is 3.60. The number of aromatic nitrogens is 1. The predicted molar refractivity (Wildman–Crippen MR) is 88.6 cm³/mol. The maximum absolute atomic E-state index is 11.8. The summed E-state index contributed by atoms with van der Waals surface area (Å²) in [5, 5.41) is 10.7. The number of nitrogens with one attached hydrogen (secondary N) is 1. The Labute approximate surface area is 142 Å². The molecule has 3 rings (SSSR count). The number of aryl methyl sites for hydroxylation is 1. The van der Waals surface area contributed by atoms with E-state index in [4.69, 9.17) is 21.8 Å². The van der Waals surface area contributed by atoms with Crippen LogP contribution in [0.15, 0.2) is 45.9 Å². The van der Waals surface area contributed by atoms with Crippen LogP contribution in [0, 0.1) is 6.92 Å². The van der Waals surface area contributed by atoms with Gasteiger partial charge in [-0.3, -0.25) is 4.79 Å². The van der Waals surface area contributed by atoms with Crippen LogP contribution >= 0.6 is 11.6 Å². The summed E-state index contributed by atoms with van der Waals surface area (Å²) >= 11 is 5.86. The molecule has 0 aliphatic carbocycles. The Bertz CT molecular complexity index is 994. The number of H-pyrrole nitrogens is 1. The van der Waals surface area contributed by atoms with E-state index in [1.165, 1.54) is 0 Å². The van der Waals surface area contributed by atoms with Crippen LogP contribution in [0.25, 0.3) is 11.0 Å². The normalized spacial score (nSPS) is 11.9. The van der Waals surface area contributed by atoms with Gasteiger partial charge in [-0.05, 0) is 30.3 Å². The fourth-order valence-corrected chi connectivity index (χ4v) is 2.48. The second-order valence-electron chi connectivity index (χ2n) is 5.26. The SMILES string of the molecule is Cc1[nH+]cc(CO)c2cc(C(N)=O)c(=Nc3ccc(Cl)cc3)oc12. The average Bonchev–Trinajstić information content (AvgIpc) is 2.57. The van der Waals surface area contributed by atoms with E-state index in [-0.39, 0.29) is 17.7 Å². The van der Waals surface area contributed by atoms with Crippen molar-refractivity contribution in [1.82, 2.24) is 0 Å². The molecule has 122 valence electrons. The van der Waals surface area contributed by atoms with Crippen molar-refractivity contribution in [2.24, 2.45) is 10.7 Å². The Morgan fingerprint density at radius 2 is 2.08 bits per heavy atom. The number of benzene rings is 1. The molecule has 0 saturated carbocycles. The Morgan fingerprint density at radius 3 is 2.71 bits per heavy atom. The second kappa shape index (κ2) is 6.43. The molecule has 0 aliphatic rings. The molecule has 6 nitrogen and oxygen atoms in total. The zero-order valence-corrected chi connectivity index (χ0v) is 13.6. The summed E-state index contributed by atoms with van der Waals surface area (Å²) in [5.74, 6) is -0.664. The number of fused-ring (bicyclic) bond motifs is 1. The van der Waals surface area contributed by atoms with Gasteiger partial charge in [0.1, 0.15) is 5.56 Å². The summed E-state index contributed by atoms with van der Waals surface area (Å²) in [7, 11) is 0. The van der Waals surface area contributed by atoms with Crippen molar-refractivity contribution in [2.75, 3.05) is 0 Å². The summed E-state index contributed by atoms with van der Waals surface area (Å²) in [6, 6.07) is 8.37. The minimum Gasteiger partial charge on any atom is -0.431 e. The third kappa shape index (κ3) is 3.02. The lowest BCUT2D eigenvalue weighted by atomic mass is 10.1. The molecule has 0 aliphatic heterocycles. The number of primary amides is 1. The van der Waals surface area contributed by atoms with E-state index in [1.807, 2.05) is 6.92 Å². The highest BCUT2D eigenvalue weighted by atomic mass is 35.5. The monoisotopic (exact) mass is 344 g/mol. The van der Waals surface area contributed by atoms with Gasteiger partial charge >= 0.3 is 0 Å². The van der Waals surface area contributed by atoms with E-state index in [0.717, 1.165) is 5.69 Å². The van der Waals surface area contributed by atoms with Crippen molar-refractivity contribution in [3.05, 3.63) is 63.9 Å². The van der Waals surface area contributed by atoms with Crippen LogP contribution in [0.4, 0.5) is 5.69 Å². The highest BCUT2D eigenvalue weighted by molar-refractivity contribution is 6.30. The molecule has 1 aromatic carbocycles. The number of halogens is 1. The molecule has 0 fully saturated rings. The number of carbonyl (C=O) groups excluding carboxylic acids is 1. The van der Waals surface area contributed by atoms with Crippen molar-refractivity contribution in [3.8, 4) is 0 Å². The topological polar surface area (TPSA) is 103 Å². The van der Waals surface area contributed by atoms with Gasteiger partial charge in [-0.2, -0.15) is 0 Å². The molecular formula is C17H15ClN3O3+. The zero-order chi connectivity index (χ0) is 17.3. The predicted octanol–water partition coefficient (Wildman–Crippen LogP) is 2.03. The van der Waals surface area contributed by atoms with Crippen LogP contribution in [-0.4, -0.2) is 11.0 Å². The minimum atomic E-state index is -0.664. The fourth-order valence-electron chi connectivity index (χ4n) is 2.36. The Morgan fingerprint density at radius 1 is 1.38 bits per heavy atom. The van der Waals surface area contributed by atoms with Gasteiger partial charge < -0.3 is 15.3 Å². The number of aliphatic hydroxyl groups is 1. The molecule has 0 bridgehead atoms. The number of rotatable bonds is 3. The first-order valence-corrected chi connectivity index (χ1v) is 7.56. The molecule has 1 amide bonds. The van der Waals surface area contributed by atoms with E-state index in [1.54, 1.807) is 36.5 Å². The van der Waals surface area contributed by atoms with Gasteiger partial charge in [0.2, 0.25) is 16.8 Å². The lowest BCUT2D eigenvalue weighted by Crippen LogP contribution is -2.23. The Balaban J connectivity index is 2.34. The number of nitrogens with zero attached hydrogens (tertiary/aromatic N) is 1. The van der Waals surface area contributed by atoms with Crippen LogP contribution in [0.3, 0.4) is 0 Å². The molecule has 0 atom stereocenters. The second-order valence-corrected chi connectivity index (χ2v) is 5.69. The van der Waals surface area contributed by atoms with E-state index in [2.05, 4.69) is 9.98 Å². The lowest BCUT2D eigenvalue weighted by molar-refractivity contribution is -0.386. The molecule has 4 N–H and O–H groups in total. The van der Waals surface area contributed by atoms with E-state index >= 15 is 0 Å². The zero-order valence-electron chi connectivity index (χ0n) is 12.8. The Kier molecular flexibility index (Phi) is 4.33. The molecule has 7 heteroatoms. The van der Waals surface area contributed by atoms with Crippen LogP contribution in [0.1, 0.15) is 21.6 Å². The third-order valence-corrected chi connectivity index (χ3v) is 3.86. The molecule has 0 unspecified atom stereocenters. The van der Waals surface area contributed by atoms with Crippen LogP contribution in [-0.2, 0) is 6.61 Å². The average molecular weight is 345 g/mol. The number of aromatic amines is 1. The quantitative estimate of drug-likeness (QED) is 0.759. The van der Waals surface area contributed by atoms with Crippen LogP contribution in [0.5, 0.6) is 0 Å². The highest BCUT2D eigenvalue weighted by Crippen LogP contribution is 2.20. The molecular weight excluding hydrogens is 330 g/mol. The van der Waals surface area contributed by atoms with Crippen molar-refractivity contribution < 1.29 is 19.3 Å². The molecule has 24 heavy (non-hydrogen) atoms. The largest absolute Gasteiger partial charge is 0.431 e. The number of nitrogens with two attached hydrogens (primary N) is 1. The number of hydrogen-bond donors (Lipinski definition) is 2. The molecule has 2 aromatic heterocycles. The lowest BCUT2D eigenvalue weighted by Gasteiger charge is -2.04. The van der Waals surface area contributed by atoms with Crippen molar-refractivity contribution in [3.63, 3.8) is 0 Å². The number of amides is 1. The summed E-state index contributed by atoms with van der Waals surface area (Å²) in [6.07, 6.45) is 1.66. The smallest absolute Gasteiger partial charge is 0.254 e. The van der Waals surface area contributed by atoms with Crippen molar-refractivity contribution in [2.45, 2.75) is 13.5 Å². The van der Waals surface area contributed by atoms with Gasteiger partial charge in [0.05, 0.1) is 17.9 Å². The van der Waals surface area contributed by atoms with Gasteiger partial charge in [-0.25, -0.2) is 9.98 Å². The maximum Gasteiger partial charge on any atom is 0.254 e. The van der Waals surface area contributed by atoms with E-state index < -0.39 is 5.91 Å². The van der Waals surface area contributed by atoms with Crippen molar-refractivity contribution >= 4 is 34.2 Å². The molecule has 2 heterocycles. The van der Waals surface area contributed by atoms with Crippen LogP contribution < -0.4 is 16.3 Å². The highest BCUT2D eigenvalue weighted by Gasteiger charge is 2.16. The molecule has 0 saturated heterocycles. The first kappa shape index (κ1) is 16.2. The first-order valence-electron chi connectivity index (χ1n) is 7.18. The summed E-state index contributed by atoms with van der Waals surface area (Å²) < 4.78 is 5.82. The number of hydrogen-bond acceptors (Lipinski definition) is 4. The number of aliphatic hydroxyl groups excluding tert-OH is 1. The first-order chi connectivity index (χ1) is 11.5. The summed E-state index contributed by atoms with van der Waals surface area (Å²) in [4.78, 5) is 19.2. The van der Waals surface area contributed by atoms with E-state index in [0.29, 0.717) is 27.2 Å². The van der Waals surface area contributed by atoms with Crippen molar-refractivity contribution in [1.29, 1.82) is 0 Å². The number of pyridine rings is 1. The van der Waals surface area contributed by atoms with Gasteiger partial charge in [-0.15, -0.1) is 0 Å². The Hall–Kier alpha value is -2.70. The molecule has 0 radical (unpaired) electrons. The van der Waals surface area contributed by atoms with Gasteiger partial charge in [0.25, 0.3) is 5.91 Å². The molecule has 3 aromatic rings. The van der Waals surface area contributed by atoms with Crippen LogP contribution in [0.2, 0.25) is 5.02 Å². The standard InChI is InChI=1S/C17H14ClN3O3/c1-9-15-13(10(8-22)7-20-9)6-14(16(19)23)17(24-15)21-12-4-2-11(18)3-5-12/h2-7,22H,8H2,1H3,(H2,19,23)/p+1. The summed E-state index contributed by atoms with van der Waals surface area (Å²) in [5.41, 5.74) is 8.11. The van der Waals surface area contributed by atoms with Gasteiger partial charge in [0, 0.05) is 17.3 Å². The number of carbonyl (C=O) groups is 1. The molecule has 0 spiro atoms. The summed E-state index contributed by atoms with van der Waals surface area (Å²) in [6.45, 7) is 1.62. The maximum atomic E-state index is 11.8. The minimum absolute atomic E-state index is 0.101. The van der Waals surface area contributed by atoms with E-state index in [9.17, 15) is 9.90 Å². The van der Waals surface area contributed by atoms with Gasteiger partial charge in [0.15, 0.2) is 6.20 Å². The fraction of sp³-hybridized carbons (Fsp3) is 0.118.